The summed E-state index contributed by atoms with van der Waals surface area (Å²) in [4.78, 5) is 11.2. The molecule has 1 saturated heterocycles. The Morgan fingerprint density at radius 3 is 2.74 bits per heavy atom. The lowest BCUT2D eigenvalue weighted by atomic mass is 9.98. The molecule has 2 aromatic carbocycles. The van der Waals surface area contributed by atoms with Crippen LogP contribution in [0.25, 0.3) is 21.8 Å². The predicted molar refractivity (Wildman–Crippen MR) is 91.6 cm³/mol. The molecule has 4 nitrogen and oxygen atoms in total. The fourth-order valence-electron chi connectivity index (χ4n) is 3.81. The molecule has 0 amide bonds. The van der Waals surface area contributed by atoms with Gasteiger partial charge in [0.2, 0.25) is 0 Å². The van der Waals surface area contributed by atoms with Crippen LogP contribution in [-0.4, -0.2) is 22.2 Å². The Balaban J connectivity index is 1.82. The minimum Gasteiger partial charge on any atom is -0.481 e. The average molecular weight is 308 g/mol. The summed E-state index contributed by atoms with van der Waals surface area (Å²) in [6.45, 7) is 3.65. The number of carbonyl (C=O) groups is 1. The maximum absolute atomic E-state index is 11.2. The first kappa shape index (κ1) is 14.3. The number of nitrogens with zero attached hydrogens (tertiary/aromatic N) is 1. The number of nitrogens with one attached hydrogen (secondary N) is 1. The van der Waals surface area contributed by atoms with Gasteiger partial charge in [-0.1, -0.05) is 24.3 Å². The van der Waals surface area contributed by atoms with E-state index in [1.807, 2.05) is 0 Å². The molecule has 0 bridgehead atoms. The van der Waals surface area contributed by atoms with E-state index in [1.165, 1.54) is 27.4 Å². The Kier molecular flexibility index (Phi) is 3.34. The number of aromatic nitrogens is 1. The molecule has 0 aliphatic carbocycles. The highest BCUT2D eigenvalue weighted by Gasteiger charge is 2.30. The van der Waals surface area contributed by atoms with Gasteiger partial charge in [0.15, 0.2) is 0 Å². The van der Waals surface area contributed by atoms with E-state index in [0.717, 1.165) is 6.54 Å². The van der Waals surface area contributed by atoms with E-state index in [4.69, 9.17) is 0 Å². The molecule has 2 unspecified atom stereocenters. The molecule has 1 aliphatic rings. The van der Waals surface area contributed by atoms with Crippen LogP contribution in [0.3, 0.4) is 0 Å². The highest BCUT2D eigenvalue weighted by atomic mass is 16.4. The Morgan fingerprint density at radius 1 is 1.22 bits per heavy atom. The van der Waals surface area contributed by atoms with Crippen molar-refractivity contribution in [2.24, 2.45) is 5.92 Å². The third-order valence-electron chi connectivity index (χ3n) is 5.00. The lowest BCUT2D eigenvalue weighted by molar-refractivity contribution is -0.141. The van der Waals surface area contributed by atoms with E-state index in [9.17, 15) is 9.90 Å². The zero-order valence-corrected chi connectivity index (χ0v) is 13.1. The summed E-state index contributed by atoms with van der Waals surface area (Å²) in [5.41, 5.74) is 3.68. The smallest absolute Gasteiger partial charge is 0.307 e. The third kappa shape index (κ3) is 2.21. The SMILES string of the molecule is CCn1c2ccccc2c2cc(C3CC(C(=O)O)CN3)ccc21. The second kappa shape index (κ2) is 5.39. The minimum atomic E-state index is -0.705. The summed E-state index contributed by atoms with van der Waals surface area (Å²) in [5.74, 6) is -0.989. The van der Waals surface area contributed by atoms with Crippen molar-refractivity contribution in [2.45, 2.75) is 25.9 Å². The summed E-state index contributed by atoms with van der Waals surface area (Å²) < 4.78 is 2.33. The van der Waals surface area contributed by atoms with Crippen LogP contribution in [0.15, 0.2) is 42.5 Å². The van der Waals surface area contributed by atoms with Gasteiger partial charge in [-0.25, -0.2) is 0 Å². The second-order valence-corrected chi connectivity index (χ2v) is 6.27. The zero-order chi connectivity index (χ0) is 16.0. The first-order chi connectivity index (χ1) is 11.2. The molecule has 118 valence electrons. The van der Waals surface area contributed by atoms with E-state index in [1.54, 1.807) is 0 Å². The van der Waals surface area contributed by atoms with Crippen molar-refractivity contribution in [2.75, 3.05) is 6.54 Å². The topological polar surface area (TPSA) is 54.3 Å². The number of aryl methyl sites for hydroxylation is 1. The van der Waals surface area contributed by atoms with Gasteiger partial charge < -0.3 is 15.0 Å². The fraction of sp³-hybridized carbons (Fsp3) is 0.316. The van der Waals surface area contributed by atoms with Crippen LogP contribution in [0.5, 0.6) is 0 Å². The number of fused-ring (bicyclic) bond motifs is 3. The van der Waals surface area contributed by atoms with E-state index in [0.29, 0.717) is 13.0 Å². The summed E-state index contributed by atoms with van der Waals surface area (Å²) in [6.07, 6.45) is 0.660. The third-order valence-corrected chi connectivity index (χ3v) is 5.00. The van der Waals surface area contributed by atoms with Crippen molar-refractivity contribution < 1.29 is 9.90 Å². The molecule has 3 aromatic rings. The molecule has 0 saturated carbocycles. The minimum absolute atomic E-state index is 0.129. The van der Waals surface area contributed by atoms with Crippen molar-refractivity contribution in [3.05, 3.63) is 48.0 Å². The van der Waals surface area contributed by atoms with Crippen LogP contribution in [-0.2, 0) is 11.3 Å². The molecule has 2 N–H and O–H groups in total. The Labute approximate surface area is 134 Å². The largest absolute Gasteiger partial charge is 0.481 e. The quantitative estimate of drug-likeness (QED) is 0.778. The molecule has 23 heavy (non-hydrogen) atoms. The summed E-state index contributed by atoms with van der Waals surface area (Å²) >= 11 is 0. The van der Waals surface area contributed by atoms with Gasteiger partial charge in [-0.15, -0.1) is 0 Å². The summed E-state index contributed by atoms with van der Waals surface area (Å²) in [6, 6.07) is 15.1. The number of hydrogen-bond acceptors (Lipinski definition) is 2. The van der Waals surface area contributed by atoms with Gasteiger partial charge in [-0.05, 0) is 37.1 Å². The standard InChI is InChI=1S/C19H20N2O2/c1-2-21-17-6-4-3-5-14(17)15-9-12(7-8-18(15)21)16-10-13(11-20-16)19(22)23/h3-9,13,16,20H,2,10-11H2,1H3,(H,22,23). The van der Waals surface area contributed by atoms with Crippen LogP contribution >= 0.6 is 0 Å². The van der Waals surface area contributed by atoms with Crippen molar-refractivity contribution in [1.82, 2.24) is 9.88 Å². The molecular weight excluding hydrogens is 288 g/mol. The van der Waals surface area contributed by atoms with Gasteiger partial charge >= 0.3 is 5.97 Å². The molecule has 4 heteroatoms. The molecular formula is C19H20N2O2. The van der Waals surface area contributed by atoms with Crippen molar-refractivity contribution in [3.63, 3.8) is 0 Å². The number of carboxylic acids is 1. The van der Waals surface area contributed by atoms with Gasteiger partial charge in [-0.2, -0.15) is 0 Å². The van der Waals surface area contributed by atoms with Gasteiger partial charge in [0, 0.05) is 40.9 Å². The van der Waals surface area contributed by atoms with Crippen molar-refractivity contribution in [1.29, 1.82) is 0 Å². The number of hydrogen-bond donors (Lipinski definition) is 2. The summed E-state index contributed by atoms with van der Waals surface area (Å²) in [5, 5.41) is 15.0. The van der Waals surface area contributed by atoms with Gasteiger partial charge in [-0.3, -0.25) is 4.79 Å². The van der Waals surface area contributed by atoms with Crippen molar-refractivity contribution in [3.8, 4) is 0 Å². The monoisotopic (exact) mass is 308 g/mol. The normalized spacial score (nSPS) is 21.3. The molecule has 4 rings (SSSR count). The number of carboxylic acid groups (broad SMARTS) is 1. The molecule has 1 aliphatic heterocycles. The predicted octanol–water partition coefficient (Wildman–Crippen LogP) is 3.55. The fourth-order valence-corrected chi connectivity index (χ4v) is 3.81. The van der Waals surface area contributed by atoms with Crippen LogP contribution in [0, 0.1) is 5.92 Å². The first-order valence-electron chi connectivity index (χ1n) is 8.16. The Hall–Kier alpha value is -2.33. The number of rotatable bonds is 3. The van der Waals surface area contributed by atoms with Crippen molar-refractivity contribution >= 4 is 27.8 Å². The second-order valence-electron chi connectivity index (χ2n) is 6.27. The van der Waals surface area contributed by atoms with Crippen LogP contribution in [0.4, 0.5) is 0 Å². The molecule has 0 spiro atoms. The molecule has 2 atom stereocenters. The first-order valence-corrected chi connectivity index (χ1v) is 8.16. The van der Waals surface area contributed by atoms with Crippen LogP contribution in [0.2, 0.25) is 0 Å². The number of aliphatic carboxylic acids is 1. The van der Waals surface area contributed by atoms with E-state index < -0.39 is 5.97 Å². The molecule has 2 heterocycles. The van der Waals surface area contributed by atoms with E-state index >= 15 is 0 Å². The molecule has 0 radical (unpaired) electrons. The maximum Gasteiger partial charge on any atom is 0.307 e. The Bertz CT molecular complexity index is 897. The van der Waals surface area contributed by atoms with Crippen LogP contribution < -0.4 is 5.32 Å². The molecule has 1 aromatic heterocycles. The summed E-state index contributed by atoms with van der Waals surface area (Å²) in [7, 11) is 0. The molecule has 1 fully saturated rings. The van der Waals surface area contributed by atoms with E-state index in [2.05, 4.69) is 59.3 Å². The maximum atomic E-state index is 11.2. The highest BCUT2D eigenvalue weighted by molar-refractivity contribution is 6.08. The highest BCUT2D eigenvalue weighted by Crippen LogP contribution is 2.34. The number of benzene rings is 2. The average Bonchev–Trinajstić information content (AvgIpc) is 3.17. The zero-order valence-electron chi connectivity index (χ0n) is 13.1. The van der Waals surface area contributed by atoms with Gasteiger partial charge in [0.25, 0.3) is 0 Å². The van der Waals surface area contributed by atoms with Crippen LogP contribution in [0.1, 0.15) is 24.9 Å². The Morgan fingerprint density at radius 2 is 2.00 bits per heavy atom. The lowest BCUT2D eigenvalue weighted by Crippen LogP contribution is -2.17. The van der Waals surface area contributed by atoms with E-state index in [-0.39, 0.29) is 12.0 Å². The number of para-hydroxylation sites is 1. The van der Waals surface area contributed by atoms with Gasteiger partial charge in [0.05, 0.1) is 5.92 Å². The van der Waals surface area contributed by atoms with Gasteiger partial charge in [0.1, 0.15) is 0 Å². The lowest BCUT2D eigenvalue weighted by Gasteiger charge is -2.11.